The van der Waals surface area contributed by atoms with E-state index in [-0.39, 0.29) is 22.3 Å². The summed E-state index contributed by atoms with van der Waals surface area (Å²) in [5, 5.41) is 4.33. The van der Waals surface area contributed by atoms with Gasteiger partial charge in [-0.2, -0.15) is 10.1 Å². The lowest BCUT2D eigenvalue weighted by Crippen LogP contribution is -2.23. The van der Waals surface area contributed by atoms with Crippen molar-refractivity contribution in [1.82, 2.24) is 14.3 Å². The monoisotopic (exact) mass is 450 g/mol. The highest BCUT2D eigenvalue weighted by molar-refractivity contribution is 7.90. The van der Waals surface area contributed by atoms with E-state index >= 15 is 0 Å². The Labute approximate surface area is 177 Å². The normalized spacial score (nSPS) is 12.7. The summed E-state index contributed by atoms with van der Waals surface area (Å²) in [6.07, 6.45) is 1.12. The number of benzene rings is 1. The largest absolute Gasteiger partial charge is 0.468 e. The molecular formula is C19H22N4O5S2. The highest BCUT2D eigenvalue weighted by atomic mass is 32.2. The molecule has 0 aliphatic carbocycles. The molecule has 0 fully saturated rings. The van der Waals surface area contributed by atoms with Crippen LogP contribution in [0.4, 0.5) is 0 Å². The lowest BCUT2D eigenvalue weighted by molar-refractivity contribution is -0.141. The van der Waals surface area contributed by atoms with E-state index in [1.807, 2.05) is 13.8 Å². The summed E-state index contributed by atoms with van der Waals surface area (Å²) < 4.78 is 32.3. The van der Waals surface area contributed by atoms with Gasteiger partial charge in [0.05, 0.1) is 27.9 Å². The number of ether oxygens (including phenoxy) is 1. The third kappa shape index (κ3) is 4.36. The maximum atomic E-state index is 12.9. The first-order chi connectivity index (χ1) is 14.0. The van der Waals surface area contributed by atoms with Crippen LogP contribution in [0.3, 0.4) is 0 Å². The number of aromatic nitrogens is 3. The number of aryl methyl sites for hydroxylation is 1. The van der Waals surface area contributed by atoms with E-state index < -0.39 is 21.7 Å². The third-order valence-electron chi connectivity index (χ3n) is 4.36. The SMILES string of the molecule is COC(=O)Cn1c(=NC(=O)c2cc(C)nn2C(C)C)sc2cc(S(C)(=O)=O)ccc21. The number of amides is 1. The molecule has 0 aliphatic rings. The quantitative estimate of drug-likeness (QED) is 0.550. The fraction of sp³-hybridized carbons (Fsp3) is 0.368. The van der Waals surface area contributed by atoms with Crippen molar-refractivity contribution in [3.05, 3.63) is 40.5 Å². The first-order valence-corrected chi connectivity index (χ1v) is 11.8. The van der Waals surface area contributed by atoms with Gasteiger partial charge in [-0.15, -0.1) is 0 Å². The minimum Gasteiger partial charge on any atom is -0.468 e. The highest BCUT2D eigenvalue weighted by Crippen LogP contribution is 2.22. The third-order valence-corrected chi connectivity index (χ3v) is 6.51. The van der Waals surface area contributed by atoms with Gasteiger partial charge in [-0.05, 0) is 45.0 Å². The number of hydrogen-bond donors (Lipinski definition) is 0. The number of rotatable bonds is 5. The second-order valence-corrected chi connectivity index (χ2v) is 10.1. The first-order valence-electron chi connectivity index (χ1n) is 9.06. The topological polar surface area (TPSA) is 113 Å². The summed E-state index contributed by atoms with van der Waals surface area (Å²) in [5.74, 6) is -1.02. The number of carbonyl (C=O) groups excluding carboxylic acids is 2. The van der Waals surface area contributed by atoms with Crippen LogP contribution >= 0.6 is 11.3 Å². The molecule has 0 N–H and O–H groups in total. The van der Waals surface area contributed by atoms with Gasteiger partial charge in [-0.25, -0.2) is 8.42 Å². The Balaban J connectivity index is 2.21. The molecule has 0 bridgehead atoms. The Morgan fingerprint density at radius 1 is 1.27 bits per heavy atom. The molecule has 160 valence electrons. The molecule has 2 aromatic heterocycles. The predicted molar refractivity (Wildman–Crippen MR) is 112 cm³/mol. The van der Waals surface area contributed by atoms with Crippen molar-refractivity contribution in [3.63, 3.8) is 0 Å². The van der Waals surface area contributed by atoms with Gasteiger partial charge < -0.3 is 9.30 Å². The molecule has 0 aliphatic heterocycles. The molecule has 3 rings (SSSR count). The zero-order valence-electron chi connectivity index (χ0n) is 17.2. The average molecular weight is 451 g/mol. The minimum absolute atomic E-state index is 0.0326. The highest BCUT2D eigenvalue weighted by Gasteiger charge is 2.18. The molecular weight excluding hydrogens is 428 g/mol. The number of thiazole rings is 1. The zero-order valence-corrected chi connectivity index (χ0v) is 18.9. The molecule has 0 unspecified atom stereocenters. The number of fused-ring (bicyclic) bond motifs is 1. The Morgan fingerprint density at radius 2 is 1.97 bits per heavy atom. The standard InChI is InChI=1S/C19H22N4O5S2/c1-11(2)23-15(8-12(3)21-23)18(25)20-19-22(10-17(24)28-4)14-7-6-13(30(5,26)27)9-16(14)29-19/h6-9,11H,10H2,1-5H3. The van der Waals surface area contributed by atoms with Crippen LogP contribution in [0.25, 0.3) is 10.2 Å². The Morgan fingerprint density at radius 3 is 2.57 bits per heavy atom. The number of hydrogen-bond acceptors (Lipinski definition) is 7. The molecule has 30 heavy (non-hydrogen) atoms. The van der Waals surface area contributed by atoms with Crippen molar-refractivity contribution in [2.24, 2.45) is 4.99 Å². The van der Waals surface area contributed by atoms with Crippen LogP contribution in [-0.2, 0) is 25.9 Å². The average Bonchev–Trinajstić information content (AvgIpc) is 3.21. The van der Waals surface area contributed by atoms with Crippen LogP contribution in [-0.4, -0.2) is 48.0 Å². The van der Waals surface area contributed by atoms with Crippen molar-refractivity contribution in [3.8, 4) is 0 Å². The van der Waals surface area contributed by atoms with Crippen molar-refractivity contribution >= 4 is 43.3 Å². The van der Waals surface area contributed by atoms with Crippen LogP contribution in [0.1, 0.15) is 36.1 Å². The van der Waals surface area contributed by atoms with E-state index in [9.17, 15) is 18.0 Å². The van der Waals surface area contributed by atoms with Crippen molar-refractivity contribution < 1.29 is 22.7 Å². The van der Waals surface area contributed by atoms with Crippen LogP contribution in [0.15, 0.2) is 34.2 Å². The molecule has 0 saturated heterocycles. The molecule has 0 spiro atoms. The van der Waals surface area contributed by atoms with Gasteiger partial charge in [-0.1, -0.05) is 11.3 Å². The first kappa shape index (κ1) is 21.9. The Hall–Kier alpha value is -2.79. The van der Waals surface area contributed by atoms with Gasteiger partial charge in [0.1, 0.15) is 12.2 Å². The van der Waals surface area contributed by atoms with Crippen molar-refractivity contribution in [1.29, 1.82) is 0 Å². The number of esters is 1. The maximum Gasteiger partial charge on any atom is 0.325 e. The summed E-state index contributed by atoms with van der Waals surface area (Å²) in [6, 6.07) is 6.19. The van der Waals surface area contributed by atoms with Gasteiger partial charge in [0.2, 0.25) is 0 Å². The number of nitrogens with zero attached hydrogens (tertiary/aromatic N) is 4. The second-order valence-electron chi connectivity index (χ2n) is 7.07. The fourth-order valence-electron chi connectivity index (χ4n) is 2.93. The molecule has 0 atom stereocenters. The van der Waals surface area contributed by atoms with Crippen LogP contribution in [0.5, 0.6) is 0 Å². The number of methoxy groups -OCH3 is 1. The van der Waals surface area contributed by atoms with Crippen molar-refractivity contribution in [2.45, 2.75) is 38.3 Å². The number of carbonyl (C=O) groups is 2. The van der Waals surface area contributed by atoms with Crippen LogP contribution in [0.2, 0.25) is 0 Å². The molecule has 9 nitrogen and oxygen atoms in total. The molecule has 0 saturated carbocycles. The predicted octanol–water partition coefficient (Wildman–Crippen LogP) is 2.11. The summed E-state index contributed by atoms with van der Waals surface area (Å²) >= 11 is 1.12. The van der Waals surface area contributed by atoms with Gasteiger partial charge >= 0.3 is 5.97 Å². The van der Waals surface area contributed by atoms with Gasteiger partial charge in [0, 0.05) is 12.3 Å². The maximum absolute atomic E-state index is 12.9. The number of sulfone groups is 1. The van der Waals surface area contributed by atoms with Gasteiger partial charge in [0.25, 0.3) is 5.91 Å². The Bertz CT molecular complexity index is 1310. The minimum atomic E-state index is -3.41. The lowest BCUT2D eigenvalue weighted by Gasteiger charge is -2.08. The lowest BCUT2D eigenvalue weighted by atomic mass is 10.3. The smallest absolute Gasteiger partial charge is 0.325 e. The van der Waals surface area contributed by atoms with Gasteiger partial charge in [-0.3, -0.25) is 14.3 Å². The molecule has 1 aromatic carbocycles. The summed E-state index contributed by atoms with van der Waals surface area (Å²) in [6.45, 7) is 5.45. The fourth-order valence-corrected chi connectivity index (χ4v) is 4.72. The van der Waals surface area contributed by atoms with E-state index in [4.69, 9.17) is 4.74 Å². The summed E-state index contributed by atoms with van der Waals surface area (Å²) in [7, 11) is -2.14. The van der Waals surface area contributed by atoms with E-state index in [0.29, 0.717) is 21.6 Å². The second kappa shape index (κ2) is 8.15. The van der Waals surface area contributed by atoms with Crippen LogP contribution < -0.4 is 4.80 Å². The molecule has 0 radical (unpaired) electrons. The van der Waals surface area contributed by atoms with E-state index in [2.05, 4.69) is 10.1 Å². The van der Waals surface area contributed by atoms with Crippen LogP contribution in [0, 0.1) is 6.92 Å². The summed E-state index contributed by atoms with van der Waals surface area (Å²) in [5.41, 5.74) is 1.61. The van der Waals surface area contributed by atoms with Crippen molar-refractivity contribution in [2.75, 3.05) is 13.4 Å². The van der Waals surface area contributed by atoms with E-state index in [1.54, 1.807) is 28.3 Å². The molecule has 3 aromatic rings. The molecule has 2 heterocycles. The van der Waals surface area contributed by atoms with Gasteiger partial charge in [0.15, 0.2) is 14.6 Å². The van der Waals surface area contributed by atoms with E-state index in [0.717, 1.165) is 17.6 Å². The Kier molecular flexibility index (Phi) is 5.95. The molecule has 1 amide bonds. The molecule has 11 heteroatoms. The summed E-state index contributed by atoms with van der Waals surface area (Å²) in [4.78, 5) is 29.5. The zero-order chi connectivity index (χ0) is 22.2. The van der Waals surface area contributed by atoms with E-state index in [1.165, 1.54) is 19.2 Å².